The summed E-state index contributed by atoms with van der Waals surface area (Å²) in [4.78, 5) is 38.3. The number of hydrogen-bond donors (Lipinski definition) is 0. The minimum atomic E-state index is -0.770. The number of allylic oxidation sites excluding steroid dienone is 12. The fourth-order valence-electron chi connectivity index (χ4n) is 10.8. The van der Waals surface area contributed by atoms with Crippen molar-refractivity contribution in [2.45, 2.75) is 386 Å². The molecule has 6 heteroatoms. The van der Waals surface area contributed by atoms with Crippen molar-refractivity contribution < 1.29 is 28.6 Å². The van der Waals surface area contributed by atoms with E-state index in [1.165, 1.54) is 244 Å². The van der Waals surface area contributed by atoms with Gasteiger partial charge in [-0.3, -0.25) is 14.4 Å². The van der Waals surface area contributed by atoms with Gasteiger partial charge in [-0.2, -0.15) is 0 Å². The molecule has 482 valence electrons. The molecule has 0 aromatic carbocycles. The fourth-order valence-corrected chi connectivity index (χ4v) is 10.8. The Balaban J connectivity index is 4.08. The lowest BCUT2D eigenvalue weighted by molar-refractivity contribution is -0.167. The number of rotatable bonds is 67. The summed E-state index contributed by atoms with van der Waals surface area (Å²) in [6.07, 6.45) is 93.8. The molecular formula is C77H138O6. The Morgan fingerprint density at radius 3 is 0.735 bits per heavy atom. The summed E-state index contributed by atoms with van der Waals surface area (Å²) < 4.78 is 17.0. The van der Waals surface area contributed by atoms with Crippen LogP contribution in [0.15, 0.2) is 72.9 Å². The summed E-state index contributed by atoms with van der Waals surface area (Å²) in [6.45, 7) is 6.58. The topological polar surface area (TPSA) is 78.9 Å². The standard InChI is InChI=1S/C77H138O6/c1-4-7-10-13-16-19-22-24-26-28-30-32-33-34-35-36-37-38-39-40-41-42-43-44-45-46-48-49-51-53-55-58-61-64-67-70-76(79)82-73-74(72-81-75(78)69-66-63-60-57-21-18-15-12-9-6-3)83-77(80)71-68-65-62-59-56-54-52-50-47-31-29-27-25-23-20-17-14-11-8-5-2/h7,10,16,19,24,26,30,32,34-35,37-38,74H,4-6,8-9,11-15,17-18,20-23,25,27-29,31,33,36,39-73H2,1-3H3/b10-7-,19-16-,26-24-,32-30-,35-34-,38-37-. The first-order valence-corrected chi connectivity index (χ1v) is 36.4. The summed E-state index contributed by atoms with van der Waals surface area (Å²) >= 11 is 0. The van der Waals surface area contributed by atoms with E-state index >= 15 is 0 Å². The smallest absolute Gasteiger partial charge is 0.306 e. The maximum Gasteiger partial charge on any atom is 0.306 e. The van der Waals surface area contributed by atoms with Gasteiger partial charge in [-0.05, 0) is 70.6 Å². The minimum absolute atomic E-state index is 0.0673. The highest BCUT2D eigenvalue weighted by atomic mass is 16.6. The first-order chi connectivity index (χ1) is 41.0. The average Bonchev–Trinajstić information content (AvgIpc) is 3.49. The Bertz CT molecular complexity index is 1520. The van der Waals surface area contributed by atoms with Gasteiger partial charge in [-0.1, -0.05) is 363 Å². The van der Waals surface area contributed by atoms with Gasteiger partial charge in [-0.15, -0.1) is 0 Å². The third-order valence-corrected chi connectivity index (χ3v) is 16.2. The van der Waals surface area contributed by atoms with Crippen molar-refractivity contribution in [3.63, 3.8) is 0 Å². The largest absolute Gasteiger partial charge is 0.462 e. The van der Waals surface area contributed by atoms with Crippen LogP contribution < -0.4 is 0 Å². The number of unbranched alkanes of at least 4 members (excludes halogenated alkanes) is 44. The molecule has 0 aromatic heterocycles. The summed E-state index contributed by atoms with van der Waals surface area (Å²) in [7, 11) is 0. The van der Waals surface area contributed by atoms with Crippen molar-refractivity contribution in [3.8, 4) is 0 Å². The second kappa shape index (κ2) is 71.3. The zero-order valence-corrected chi connectivity index (χ0v) is 55.5. The van der Waals surface area contributed by atoms with Crippen molar-refractivity contribution in [1.29, 1.82) is 0 Å². The molecule has 0 heterocycles. The molecular weight excluding hydrogens is 1020 g/mol. The van der Waals surface area contributed by atoms with Gasteiger partial charge in [0.05, 0.1) is 0 Å². The number of ether oxygens (including phenoxy) is 3. The summed E-state index contributed by atoms with van der Waals surface area (Å²) in [5.74, 6) is -0.843. The monoisotopic (exact) mass is 1160 g/mol. The van der Waals surface area contributed by atoms with Gasteiger partial charge >= 0.3 is 17.9 Å². The van der Waals surface area contributed by atoms with Crippen LogP contribution in [0.3, 0.4) is 0 Å². The van der Waals surface area contributed by atoms with Crippen LogP contribution in [0.5, 0.6) is 0 Å². The lowest BCUT2D eigenvalue weighted by Gasteiger charge is -2.18. The lowest BCUT2D eigenvalue weighted by atomic mass is 10.0. The van der Waals surface area contributed by atoms with Crippen molar-refractivity contribution in [1.82, 2.24) is 0 Å². The number of carbonyl (C=O) groups excluding carboxylic acids is 3. The molecule has 0 rings (SSSR count). The molecule has 0 fully saturated rings. The molecule has 0 aliphatic carbocycles. The molecule has 0 aromatic rings. The first-order valence-electron chi connectivity index (χ1n) is 36.4. The van der Waals surface area contributed by atoms with Gasteiger partial charge in [0.1, 0.15) is 13.2 Å². The van der Waals surface area contributed by atoms with Crippen LogP contribution in [-0.4, -0.2) is 37.2 Å². The Hall–Kier alpha value is -3.15. The molecule has 1 atom stereocenters. The van der Waals surface area contributed by atoms with Crippen LogP contribution in [0.25, 0.3) is 0 Å². The molecule has 0 spiro atoms. The van der Waals surface area contributed by atoms with E-state index in [0.29, 0.717) is 19.3 Å². The molecule has 0 saturated heterocycles. The SMILES string of the molecule is CC/C=C\C/C=C\C/C=C\C/C=C\C/C=C\C/C=C\CCCCCCCCCCCCCCCCCCC(=O)OCC(COC(=O)CCCCCCCCCCCC)OC(=O)CCCCCCCCCCCCCCCCCCCCCC. The predicted molar refractivity (Wildman–Crippen MR) is 362 cm³/mol. The quantitative estimate of drug-likeness (QED) is 0.0261. The third-order valence-electron chi connectivity index (χ3n) is 16.2. The highest BCUT2D eigenvalue weighted by Crippen LogP contribution is 2.18. The molecule has 1 unspecified atom stereocenters. The van der Waals surface area contributed by atoms with Crippen molar-refractivity contribution in [2.75, 3.05) is 13.2 Å². The van der Waals surface area contributed by atoms with Gasteiger partial charge < -0.3 is 14.2 Å². The maximum absolute atomic E-state index is 12.9. The van der Waals surface area contributed by atoms with E-state index in [9.17, 15) is 14.4 Å². The van der Waals surface area contributed by atoms with E-state index in [0.717, 1.165) is 96.3 Å². The highest BCUT2D eigenvalue weighted by Gasteiger charge is 2.19. The molecule has 0 bridgehead atoms. The van der Waals surface area contributed by atoms with E-state index in [2.05, 4.69) is 93.7 Å². The van der Waals surface area contributed by atoms with Gasteiger partial charge in [0.2, 0.25) is 0 Å². The second-order valence-electron chi connectivity index (χ2n) is 24.5. The molecule has 6 nitrogen and oxygen atoms in total. The van der Waals surface area contributed by atoms with Crippen LogP contribution in [-0.2, 0) is 28.6 Å². The molecule has 0 saturated carbocycles. The number of hydrogen-bond acceptors (Lipinski definition) is 6. The zero-order valence-electron chi connectivity index (χ0n) is 55.5. The average molecular weight is 1160 g/mol. The minimum Gasteiger partial charge on any atom is -0.462 e. The van der Waals surface area contributed by atoms with Crippen LogP contribution in [0, 0.1) is 0 Å². The van der Waals surface area contributed by atoms with Crippen molar-refractivity contribution in [3.05, 3.63) is 72.9 Å². The Morgan fingerprint density at radius 2 is 0.470 bits per heavy atom. The fraction of sp³-hybridized carbons (Fsp3) is 0.805. The third kappa shape index (κ3) is 69.5. The molecule has 0 amide bonds. The summed E-state index contributed by atoms with van der Waals surface area (Å²) in [6, 6.07) is 0. The van der Waals surface area contributed by atoms with E-state index in [1.54, 1.807) is 0 Å². The highest BCUT2D eigenvalue weighted by molar-refractivity contribution is 5.71. The van der Waals surface area contributed by atoms with Gasteiger partial charge in [0.15, 0.2) is 6.10 Å². The number of esters is 3. The Labute approximate surface area is 516 Å². The summed E-state index contributed by atoms with van der Waals surface area (Å²) in [5, 5.41) is 0. The van der Waals surface area contributed by atoms with Gasteiger partial charge in [0, 0.05) is 19.3 Å². The van der Waals surface area contributed by atoms with Gasteiger partial charge in [-0.25, -0.2) is 0 Å². The molecule has 0 radical (unpaired) electrons. The lowest BCUT2D eigenvalue weighted by Crippen LogP contribution is -2.30. The van der Waals surface area contributed by atoms with E-state index in [1.807, 2.05) is 0 Å². The van der Waals surface area contributed by atoms with Crippen LogP contribution >= 0.6 is 0 Å². The van der Waals surface area contributed by atoms with Crippen LogP contribution in [0.4, 0.5) is 0 Å². The second-order valence-corrected chi connectivity index (χ2v) is 24.5. The predicted octanol–water partition coefficient (Wildman–Crippen LogP) is 25.2. The molecule has 83 heavy (non-hydrogen) atoms. The van der Waals surface area contributed by atoms with Crippen molar-refractivity contribution in [2.24, 2.45) is 0 Å². The maximum atomic E-state index is 12.9. The Morgan fingerprint density at radius 1 is 0.253 bits per heavy atom. The van der Waals surface area contributed by atoms with E-state index in [-0.39, 0.29) is 31.1 Å². The van der Waals surface area contributed by atoms with Crippen LogP contribution in [0.1, 0.15) is 380 Å². The molecule has 0 N–H and O–H groups in total. The van der Waals surface area contributed by atoms with Gasteiger partial charge in [0.25, 0.3) is 0 Å². The zero-order chi connectivity index (χ0) is 59.9. The summed E-state index contributed by atoms with van der Waals surface area (Å²) in [5.41, 5.74) is 0. The molecule has 0 aliphatic rings. The normalized spacial score (nSPS) is 12.5. The van der Waals surface area contributed by atoms with Crippen molar-refractivity contribution >= 4 is 17.9 Å². The first kappa shape index (κ1) is 79.8. The van der Waals surface area contributed by atoms with Crippen LogP contribution in [0.2, 0.25) is 0 Å². The van der Waals surface area contributed by atoms with E-state index < -0.39 is 6.10 Å². The van der Waals surface area contributed by atoms with E-state index in [4.69, 9.17) is 14.2 Å². The molecule has 0 aliphatic heterocycles. The Kier molecular flexibility index (Phi) is 68.6. The number of carbonyl (C=O) groups is 3.